The van der Waals surface area contributed by atoms with Crippen LogP contribution in [0.2, 0.25) is 0 Å². The van der Waals surface area contributed by atoms with Crippen LogP contribution in [0.25, 0.3) is 33.4 Å². The molecule has 0 bridgehead atoms. The van der Waals surface area contributed by atoms with E-state index < -0.39 is 17.8 Å². The fourth-order valence-electron chi connectivity index (χ4n) is 4.51. The molecule has 3 aromatic carbocycles. The summed E-state index contributed by atoms with van der Waals surface area (Å²) in [6, 6.07) is 17.6. The highest BCUT2D eigenvalue weighted by Gasteiger charge is 2.24. The Morgan fingerprint density at radius 1 is 1.07 bits per heavy atom. The Balaban J connectivity index is 1.79. The number of halogens is 1. The van der Waals surface area contributed by atoms with E-state index in [9.17, 15) is 19.2 Å². The number of nitrogens with one attached hydrogen (secondary N) is 3. The van der Waals surface area contributed by atoms with Gasteiger partial charge in [0.05, 0.1) is 11.6 Å². The van der Waals surface area contributed by atoms with Gasteiger partial charge in [-0.15, -0.1) is 0 Å². The Labute approximate surface area is 244 Å². The van der Waals surface area contributed by atoms with Gasteiger partial charge in [0.1, 0.15) is 23.2 Å². The molecule has 0 aliphatic carbocycles. The van der Waals surface area contributed by atoms with Gasteiger partial charge in [0.25, 0.3) is 11.8 Å². The first-order chi connectivity index (χ1) is 20.3. The number of carbonyl (C=O) groups excluding carboxylic acids is 2. The minimum atomic E-state index is -0.901. The second-order valence-electron chi connectivity index (χ2n) is 9.39. The van der Waals surface area contributed by atoms with E-state index in [1.807, 2.05) is 44.2 Å². The van der Waals surface area contributed by atoms with Crippen molar-refractivity contribution in [3.05, 3.63) is 114 Å². The average Bonchev–Trinajstić information content (AvgIpc) is 3.37. The summed E-state index contributed by atoms with van der Waals surface area (Å²) >= 11 is 0. The minimum Gasteiger partial charge on any atom is -0.455 e. The number of hydrogen-bond donors (Lipinski definition) is 3. The molecule has 1 heterocycles. The Hall–Kier alpha value is -5.42. The third-order valence-corrected chi connectivity index (χ3v) is 6.58. The lowest BCUT2D eigenvalue weighted by molar-refractivity contribution is 0.0946. The zero-order chi connectivity index (χ0) is 30.2. The molecule has 0 fully saturated rings. The molecular weight excluding hydrogens is 531 g/mol. The number of benzene rings is 3. The summed E-state index contributed by atoms with van der Waals surface area (Å²) in [5.41, 5.74) is 4.36. The van der Waals surface area contributed by atoms with Crippen molar-refractivity contribution in [3.8, 4) is 28.5 Å². The van der Waals surface area contributed by atoms with Crippen molar-refractivity contribution in [1.29, 1.82) is 5.26 Å². The number of nitrogens with zero attached hydrogens (tertiary/aromatic N) is 1. The van der Waals surface area contributed by atoms with Crippen LogP contribution in [0.1, 0.15) is 34.6 Å². The number of fused-ring (bicyclic) bond motifs is 1. The van der Waals surface area contributed by atoms with Crippen molar-refractivity contribution in [2.75, 3.05) is 18.9 Å². The molecule has 1 unspecified atom stereocenters. The predicted octanol–water partition coefficient (Wildman–Crippen LogP) is 7.01. The van der Waals surface area contributed by atoms with Gasteiger partial charge in [-0.3, -0.25) is 9.59 Å². The van der Waals surface area contributed by atoms with Crippen LogP contribution >= 0.6 is 0 Å². The molecule has 0 saturated heterocycles. The molecule has 0 saturated carbocycles. The smallest absolute Gasteiger partial charge is 0.255 e. The molecule has 1 aromatic heterocycles. The number of nitriles is 1. The maximum absolute atomic E-state index is 13.6. The van der Waals surface area contributed by atoms with E-state index in [2.05, 4.69) is 28.6 Å². The molecule has 212 valence electrons. The molecule has 42 heavy (non-hydrogen) atoms. The third kappa shape index (κ3) is 6.31. The largest absolute Gasteiger partial charge is 0.455 e. The lowest BCUT2D eigenvalue weighted by atomic mass is 9.97. The highest BCUT2D eigenvalue weighted by molar-refractivity contribution is 6.13. The molecule has 8 heteroatoms. The summed E-state index contributed by atoms with van der Waals surface area (Å²) in [7, 11) is 1.53. The van der Waals surface area contributed by atoms with Crippen LogP contribution in [0.15, 0.2) is 102 Å². The van der Waals surface area contributed by atoms with E-state index in [-0.39, 0.29) is 5.91 Å². The zero-order valence-electron chi connectivity index (χ0n) is 23.6. The summed E-state index contributed by atoms with van der Waals surface area (Å²) in [5, 5.41) is 18.9. The molecule has 2 amide bonds. The lowest BCUT2D eigenvalue weighted by Crippen LogP contribution is -2.34. The van der Waals surface area contributed by atoms with Gasteiger partial charge in [0.2, 0.25) is 0 Å². The first kappa shape index (κ1) is 29.6. The van der Waals surface area contributed by atoms with E-state index in [1.165, 1.54) is 19.2 Å². The van der Waals surface area contributed by atoms with Crippen LogP contribution in [0.3, 0.4) is 0 Å². The van der Waals surface area contributed by atoms with Gasteiger partial charge in [0.15, 0.2) is 0 Å². The van der Waals surface area contributed by atoms with Crippen LogP contribution in [0, 0.1) is 17.1 Å². The molecule has 0 aliphatic heterocycles. The molecular formula is C34H31FN4O3. The van der Waals surface area contributed by atoms with Gasteiger partial charge in [-0.25, -0.2) is 4.39 Å². The van der Waals surface area contributed by atoms with Crippen LogP contribution < -0.4 is 16.0 Å². The number of anilines is 1. The Morgan fingerprint density at radius 3 is 2.50 bits per heavy atom. The van der Waals surface area contributed by atoms with E-state index in [1.54, 1.807) is 42.5 Å². The minimum absolute atomic E-state index is 0.318. The standard InChI is InChI=1S/C34H31FN4O3/c1-5-7-8-10-21(3)29(20-36)39-33(40)24-12-9-11-23(17-24)26-18-27-30(19-28(26)38-6-2)42-32(31(27)34(41)37-4)22-13-15-25(35)16-14-22/h5,7-19,29,38H,3,6H2,1-2,4H3,(H,37,41)(H,39,40)/b7-5-,10-8-. The normalized spacial score (nSPS) is 11.9. The number of furan rings is 1. The molecule has 4 aromatic rings. The van der Waals surface area contributed by atoms with Gasteiger partial charge >= 0.3 is 0 Å². The molecule has 3 N–H and O–H groups in total. The second-order valence-corrected chi connectivity index (χ2v) is 9.39. The second kappa shape index (κ2) is 13.3. The van der Waals surface area contributed by atoms with Gasteiger partial charge in [-0.1, -0.05) is 43.0 Å². The number of rotatable bonds is 10. The molecule has 0 aliphatic rings. The molecule has 0 spiro atoms. The van der Waals surface area contributed by atoms with Crippen molar-refractivity contribution in [3.63, 3.8) is 0 Å². The first-order valence-corrected chi connectivity index (χ1v) is 13.4. The van der Waals surface area contributed by atoms with Crippen LogP contribution in [0.4, 0.5) is 10.1 Å². The Morgan fingerprint density at radius 2 is 1.83 bits per heavy atom. The van der Waals surface area contributed by atoms with Gasteiger partial charge in [-0.05, 0) is 67.4 Å². The van der Waals surface area contributed by atoms with Gasteiger partial charge in [0, 0.05) is 47.4 Å². The van der Waals surface area contributed by atoms with E-state index >= 15 is 0 Å². The number of allylic oxidation sites excluding steroid dienone is 3. The van der Waals surface area contributed by atoms with Crippen molar-refractivity contribution in [2.45, 2.75) is 19.9 Å². The molecule has 7 nitrogen and oxygen atoms in total. The summed E-state index contributed by atoms with van der Waals surface area (Å²) in [5.74, 6) is -0.853. The van der Waals surface area contributed by atoms with Crippen LogP contribution in [-0.2, 0) is 0 Å². The zero-order valence-corrected chi connectivity index (χ0v) is 23.6. The third-order valence-electron chi connectivity index (χ3n) is 6.58. The highest BCUT2D eigenvalue weighted by atomic mass is 19.1. The van der Waals surface area contributed by atoms with Crippen molar-refractivity contribution in [1.82, 2.24) is 10.6 Å². The fraction of sp³-hybridized carbons (Fsp3) is 0.147. The predicted molar refractivity (Wildman–Crippen MR) is 165 cm³/mol. The van der Waals surface area contributed by atoms with E-state index in [4.69, 9.17) is 4.42 Å². The monoisotopic (exact) mass is 562 g/mol. The molecule has 4 rings (SSSR count). The SMILES string of the molecule is C=C(/C=C\C=C/C)C(C#N)NC(=O)c1cccc(-c2cc3c(C(=O)NC)c(-c4ccc(F)cc4)oc3cc2NCC)c1. The van der Waals surface area contributed by atoms with Crippen LogP contribution in [-0.4, -0.2) is 31.4 Å². The van der Waals surface area contributed by atoms with Crippen molar-refractivity contribution in [2.24, 2.45) is 0 Å². The number of hydrogen-bond acceptors (Lipinski definition) is 5. The Bertz CT molecular complexity index is 1740. The highest BCUT2D eigenvalue weighted by Crippen LogP contribution is 2.40. The van der Waals surface area contributed by atoms with Gasteiger partial charge < -0.3 is 20.4 Å². The Kier molecular flexibility index (Phi) is 9.35. The summed E-state index contributed by atoms with van der Waals surface area (Å²) in [6.07, 6.45) is 7.08. The maximum Gasteiger partial charge on any atom is 0.255 e. The summed E-state index contributed by atoms with van der Waals surface area (Å²) in [4.78, 5) is 26.2. The van der Waals surface area contributed by atoms with Gasteiger partial charge in [-0.2, -0.15) is 5.26 Å². The molecule has 0 radical (unpaired) electrons. The first-order valence-electron chi connectivity index (χ1n) is 13.4. The summed E-state index contributed by atoms with van der Waals surface area (Å²) < 4.78 is 19.8. The van der Waals surface area contributed by atoms with Crippen molar-refractivity contribution >= 4 is 28.5 Å². The van der Waals surface area contributed by atoms with E-state index in [0.717, 1.165) is 11.3 Å². The van der Waals surface area contributed by atoms with E-state index in [0.29, 0.717) is 51.1 Å². The van der Waals surface area contributed by atoms with Crippen molar-refractivity contribution < 1.29 is 18.4 Å². The number of amides is 2. The quantitative estimate of drug-likeness (QED) is 0.180. The maximum atomic E-state index is 13.6. The average molecular weight is 563 g/mol. The number of carbonyl (C=O) groups is 2. The molecule has 1 atom stereocenters. The summed E-state index contributed by atoms with van der Waals surface area (Å²) in [6.45, 7) is 8.34. The fourth-order valence-corrected chi connectivity index (χ4v) is 4.51. The topological polar surface area (TPSA) is 107 Å². The van der Waals surface area contributed by atoms with Crippen LogP contribution in [0.5, 0.6) is 0 Å². The lowest BCUT2D eigenvalue weighted by Gasteiger charge is -2.14.